The third-order valence-electron chi connectivity index (χ3n) is 3.06. The van der Waals surface area contributed by atoms with E-state index in [0.717, 1.165) is 0 Å². The fourth-order valence-electron chi connectivity index (χ4n) is 2.14. The third kappa shape index (κ3) is 2.55. The highest BCUT2D eigenvalue weighted by molar-refractivity contribution is 5.79. The normalized spacial score (nSPS) is 31.9. The van der Waals surface area contributed by atoms with E-state index in [4.69, 9.17) is 14.2 Å². The molecular weight excluding hydrogens is 236 g/mol. The molecule has 1 N–H and O–H groups in total. The first kappa shape index (κ1) is 13.1. The molecule has 0 spiro atoms. The van der Waals surface area contributed by atoms with Crippen LogP contribution in [0.15, 0.2) is 24.6 Å². The zero-order chi connectivity index (χ0) is 13.1. The Labute approximate surface area is 106 Å². The second-order valence-electron chi connectivity index (χ2n) is 4.27. The van der Waals surface area contributed by atoms with Gasteiger partial charge >= 0.3 is 6.03 Å². The molecule has 0 aromatic carbocycles. The molecule has 3 atom stereocenters. The van der Waals surface area contributed by atoms with Crippen molar-refractivity contribution >= 4 is 6.03 Å². The number of hydrogen-bond donors (Lipinski definition) is 1. The van der Waals surface area contributed by atoms with Crippen LogP contribution in [0.1, 0.15) is 6.42 Å². The Hall–Kier alpha value is -1.37. The number of nitrogens with one attached hydrogen (secondary N) is 1. The molecule has 0 radical (unpaired) electrons. The first-order valence-electron chi connectivity index (χ1n) is 5.79. The molecule has 2 amide bonds. The molecule has 100 valence electrons. The van der Waals surface area contributed by atoms with Crippen molar-refractivity contribution in [3.63, 3.8) is 0 Å². The summed E-state index contributed by atoms with van der Waals surface area (Å²) >= 11 is 0. The number of urea groups is 1. The van der Waals surface area contributed by atoms with Crippen LogP contribution in [0, 0.1) is 0 Å². The lowest BCUT2D eigenvalue weighted by Crippen LogP contribution is -2.44. The number of rotatable bonds is 4. The molecule has 1 fully saturated rings. The van der Waals surface area contributed by atoms with Gasteiger partial charge in [0.1, 0.15) is 12.3 Å². The summed E-state index contributed by atoms with van der Waals surface area (Å²) in [4.78, 5) is 13.3. The van der Waals surface area contributed by atoms with E-state index in [1.54, 1.807) is 26.5 Å². The van der Waals surface area contributed by atoms with Gasteiger partial charge in [-0.3, -0.25) is 4.90 Å². The standard InChI is InChI=1S/C12H18N2O4/c1-8-4-5-14(12(15)13-8)11-6-9(17-3)10(18-11)7-16-2/h4-5,9-11H,1,6-7H2,2-3H3,(H,13,15). The average molecular weight is 254 g/mol. The van der Waals surface area contributed by atoms with Crippen molar-refractivity contribution in [2.75, 3.05) is 20.8 Å². The van der Waals surface area contributed by atoms with E-state index >= 15 is 0 Å². The Bertz CT molecular complexity index is 369. The van der Waals surface area contributed by atoms with Gasteiger partial charge in [-0.2, -0.15) is 0 Å². The van der Waals surface area contributed by atoms with Crippen molar-refractivity contribution in [1.29, 1.82) is 0 Å². The van der Waals surface area contributed by atoms with Crippen LogP contribution in [0.3, 0.4) is 0 Å². The first-order valence-corrected chi connectivity index (χ1v) is 5.79. The predicted octanol–water partition coefficient (Wildman–Crippen LogP) is 0.815. The summed E-state index contributed by atoms with van der Waals surface area (Å²) in [6, 6.07) is -0.236. The molecule has 2 aliphatic rings. The molecule has 6 nitrogen and oxygen atoms in total. The Morgan fingerprint density at radius 1 is 1.61 bits per heavy atom. The molecular formula is C12H18N2O4. The summed E-state index contributed by atoms with van der Waals surface area (Å²) in [7, 11) is 3.24. The lowest BCUT2D eigenvalue weighted by atomic mass is 10.2. The van der Waals surface area contributed by atoms with Gasteiger partial charge in [0, 0.05) is 32.5 Å². The van der Waals surface area contributed by atoms with E-state index in [1.165, 1.54) is 4.90 Å². The quantitative estimate of drug-likeness (QED) is 0.806. The minimum absolute atomic E-state index is 0.0683. The van der Waals surface area contributed by atoms with E-state index in [9.17, 15) is 4.79 Å². The van der Waals surface area contributed by atoms with Crippen LogP contribution >= 0.6 is 0 Å². The third-order valence-corrected chi connectivity index (χ3v) is 3.06. The van der Waals surface area contributed by atoms with Crippen molar-refractivity contribution in [1.82, 2.24) is 10.2 Å². The summed E-state index contributed by atoms with van der Waals surface area (Å²) in [6.07, 6.45) is 3.47. The van der Waals surface area contributed by atoms with Gasteiger partial charge in [0.25, 0.3) is 0 Å². The molecule has 2 rings (SSSR count). The Balaban J connectivity index is 2.04. The highest BCUT2D eigenvalue weighted by atomic mass is 16.6. The molecule has 1 saturated heterocycles. The molecule has 2 heterocycles. The van der Waals surface area contributed by atoms with E-state index in [2.05, 4.69) is 11.9 Å². The topological polar surface area (TPSA) is 60.0 Å². The second-order valence-corrected chi connectivity index (χ2v) is 4.27. The van der Waals surface area contributed by atoms with Gasteiger partial charge in [-0.05, 0) is 6.08 Å². The highest BCUT2D eigenvalue weighted by Gasteiger charge is 2.40. The van der Waals surface area contributed by atoms with E-state index < -0.39 is 0 Å². The summed E-state index contributed by atoms with van der Waals surface area (Å²) in [5, 5.41) is 2.64. The zero-order valence-electron chi connectivity index (χ0n) is 10.6. The van der Waals surface area contributed by atoms with E-state index in [1.807, 2.05) is 0 Å². The van der Waals surface area contributed by atoms with Gasteiger partial charge in [-0.15, -0.1) is 0 Å². The van der Waals surface area contributed by atoms with Gasteiger partial charge in [-0.1, -0.05) is 6.58 Å². The van der Waals surface area contributed by atoms with Crippen molar-refractivity contribution < 1.29 is 19.0 Å². The van der Waals surface area contributed by atoms with Crippen molar-refractivity contribution in [3.05, 3.63) is 24.6 Å². The summed E-state index contributed by atoms with van der Waals surface area (Å²) < 4.78 is 16.2. The smallest absolute Gasteiger partial charge is 0.327 e. The fourth-order valence-corrected chi connectivity index (χ4v) is 2.14. The summed E-state index contributed by atoms with van der Waals surface area (Å²) in [5.41, 5.74) is 0.575. The van der Waals surface area contributed by atoms with E-state index in [-0.39, 0.29) is 24.5 Å². The lowest BCUT2D eigenvalue weighted by molar-refractivity contribution is -0.0672. The van der Waals surface area contributed by atoms with Crippen LogP contribution in [-0.2, 0) is 14.2 Å². The molecule has 6 heteroatoms. The zero-order valence-corrected chi connectivity index (χ0v) is 10.6. The average Bonchev–Trinajstić information content (AvgIpc) is 2.72. The Morgan fingerprint density at radius 2 is 2.39 bits per heavy atom. The maximum absolute atomic E-state index is 11.8. The highest BCUT2D eigenvalue weighted by Crippen LogP contribution is 2.27. The largest absolute Gasteiger partial charge is 0.382 e. The maximum Gasteiger partial charge on any atom is 0.327 e. The van der Waals surface area contributed by atoms with Crippen LogP contribution < -0.4 is 5.32 Å². The molecule has 2 aliphatic heterocycles. The fraction of sp³-hybridized carbons (Fsp3) is 0.583. The maximum atomic E-state index is 11.8. The summed E-state index contributed by atoms with van der Waals surface area (Å²) in [6.45, 7) is 4.12. The van der Waals surface area contributed by atoms with Gasteiger partial charge in [-0.25, -0.2) is 4.79 Å². The SMILES string of the molecule is C=C1C=CN(C2CC(OC)C(COC)O2)C(=O)N1. The Kier molecular flexibility index (Phi) is 4.00. The number of hydrogen-bond acceptors (Lipinski definition) is 4. The summed E-state index contributed by atoms with van der Waals surface area (Å²) in [5.74, 6) is 0. The predicted molar refractivity (Wildman–Crippen MR) is 64.6 cm³/mol. The minimum atomic E-state index is -0.334. The van der Waals surface area contributed by atoms with Crippen molar-refractivity contribution in [3.8, 4) is 0 Å². The number of amides is 2. The van der Waals surface area contributed by atoms with Gasteiger partial charge in [0.15, 0.2) is 0 Å². The first-order chi connectivity index (χ1) is 8.65. The van der Waals surface area contributed by atoms with Crippen molar-refractivity contribution in [2.24, 2.45) is 0 Å². The van der Waals surface area contributed by atoms with Crippen LogP contribution in [0.4, 0.5) is 4.79 Å². The molecule has 0 aliphatic carbocycles. The number of allylic oxidation sites excluding steroid dienone is 1. The van der Waals surface area contributed by atoms with Crippen LogP contribution in [0.5, 0.6) is 0 Å². The lowest BCUT2D eigenvalue weighted by Gasteiger charge is -2.28. The molecule has 0 aromatic rings. The van der Waals surface area contributed by atoms with E-state index in [0.29, 0.717) is 18.7 Å². The molecule has 0 aromatic heterocycles. The van der Waals surface area contributed by atoms with Gasteiger partial charge < -0.3 is 19.5 Å². The number of methoxy groups -OCH3 is 2. The second kappa shape index (κ2) is 5.51. The van der Waals surface area contributed by atoms with Crippen LogP contribution in [0.25, 0.3) is 0 Å². The monoisotopic (exact) mass is 254 g/mol. The molecule has 18 heavy (non-hydrogen) atoms. The van der Waals surface area contributed by atoms with Crippen molar-refractivity contribution in [2.45, 2.75) is 24.9 Å². The van der Waals surface area contributed by atoms with Crippen LogP contribution in [0.2, 0.25) is 0 Å². The Morgan fingerprint density at radius 3 is 3.00 bits per heavy atom. The number of ether oxygens (including phenoxy) is 3. The number of carbonyl (C=O) groups excluding carboxylic acids is 1. The van der Waals surface area contributed by atoms with Gasteiger partial charge in [0.05, 0.1) is 12.7 Å². The number of nitrogens with zero attached hydrogens (tertiary/aromatic N) is 1. The molecule has 0 saturated carbocycles. The van der Waals surface area contributed by atoms with Crippen LogP contribution in [-0.4, -0.2) is 50.2 Å². The minimum Gasteiger partial charge on any atom is -0.382 e. The molecule has 3 unspecified atom stereocenters. The van der Waals surface area contributed by atoms with Gasteiger partial charge in [0.2, 0.25) is 0 Å². The number of carbonyl (C=O) groups is 1. The molecule has 0 bridgehead atoms.